The van der Waals surface area contributed by atoms with Crippen molar-refractivity contribution in [1.29, 1.82) is 0 Å². The van der Waals surface area contributed by atoms with Crippen LogP contribution in [0.3, 0.4) is 0 Å². The average molecular weight is 211 g/mol. The van der Waals surface area contributed by atoms with E-state index in [4.69, 9.17) is 5.73 Å². The van der Waals surface area contributed by atoms with Crippen LogP contribution in [0.5, 0.6) is 0 Å². The molecule has 0 unspecified atom stereocenters. The van der Waals surface area contributed by atoms with Crippen LogP contribution in [0, 0.1) is 0 Å². The van der Waals surface area contributed by atoms with Crippen LogP contribution >= 0.6 is 0 Å². The molecule has 78 valence electrons. The first-order valence-electron chi connectivity index (χ1n) is 4.85. The molecule has 3 N–H and O–H groups in total. The van der Waals surface area contributed by atoms with Gasteiger partial charge in [-0.15, -0.1) is 0 Å². The van der Waals surface area contributed by atoms with Gasteiger partial charge < -0.3 is 5.73 Å². The average Bonchev–Trinajstić information content (AvgIpc) is 2.75. The molecule has 3 rings (SSSR count). The van der Waals surface area contributed by atoms with Gasteiger partial charge in [0.2, 0.25) is 5.95 Å². The summed E-state index contributed by atoms with van der Waals surface area (Å²) in [5.41, 5.74) is 8.33. The van der Waals surface area contributed by atoms with E-state index in [0.29, 0.717) is 0 Å². The lowest BCUT2D eigenvalue weighted by Gasteiger charge is -2.00. The van der Waals surface area contributed by atoms with Gasteiger partial charge in [0.1, 0.15) is 0 Å². The molecule has 2 heterocycles. The standard InChI is InChI=1S/C11H9N5/c12-11-13-4-3-9(15-11)7-1-2-8-6-14-16-10(8)5-7/h1-6H,(H,14,16)(H2,12,13,15). The number of benzene rings is 1. The lowest BCUT2D eigenvalue weighted by molar-refractivity contribution is 1.12. The maximum absolute atomic E-state index is 5.55. The Morgan fingerprint density at radius 2 is 2.12 bits per heavy atom. The minimum Gasteiger partial charge on any atom is -0.368 e. The number of rotatable bonds is 1. The quantitative estimate of drug-likeness (QED) is 0.640. The second-order valence-electron chi connectivity index (χ2n) is 3.47. The molecule has 0 spiro atoms. The first kappa shape index (κ1) is 8.84. The summed E-state index contributed by atoms with van der Waals surface area (Å²) in [6.07, 6.45) is 3.43. The van der Waals surface area contributed by atoms with Crippen LogP contribution in [-0.2, 0) is 0 Å². The van der Waals surface area contributed by atoms with E-state index < -0.39 is 0 Å². The van der Waals surface area contributed by atoms with Crippen LogP contribution in [0.15, 0.2) is 36.7 Å². The lowest BCUT2D eigenvalue weighted by Crippen LogP contribution is -1.94. The van der Waals surface area contributed by atoms with Gasteiger partial charge in [-0.05, 0) is 12.1 Å². The fraction of sp³-hybridized carbons (Fsp3) is 0. The number of nitrogen functional groups attached to an aromatic ring is 1. The van der Waals surface area contributed by atoms with Gasteiger partial charge in [0.15, 0.2) is 0 Å². The maximum atomic E-state index is 5.55. The molecule has 1 aromatic carbocycles. The first-order valence-corrected chi connectivity index (χ1v) is 4.85. The highest BCUT2D eigenvalue weighted by molar-refractivity contribution is 5.83. The van der Waals surface area contributed by atoms with E-state index in [1.165, 1.54) is 0 Å². The minimum absolute atomic E-state index is 0.280. The molecule has 5 heteroatoms. The number of aromatic amines is 1. The largest absolute Gasteiger partial charge is 0.368 e. The van der Waals surface area contributed by atoms with Crippen LogP contribution in [0.2, 0.25) is 0 Å². The van der Waals surface area contributed by atoms with Crippen molar-refractivity contribution < 1.29 is 0 Å². The molecular weight excluding hydrogens is 202 g/mol. The van der Waals surface area contributed by atoms with Crippen molar-refractivity contribution in [1.82, 2.24) is 20.2 Å². The molecule has 0 aliphatic heterocycles. The second kappa shape index (κ2) is 3.30. The zero-order valence-corrected chi connectivity index (χ0v) is 8.38. The van der Waals surface area contributed by atoms with E-state index in [1.807, 2.05) is 24.3 Å². The minimum atomic E-state index is 0.280. The number of nitrogens with one attached hydrogen (secondary N) is 1. The van der Waals surface area contributed by atoms with Gasteiger partial charge in [0, 0.05) is 17.1 Å². The molecule has 0 aliphatic rings. The lowest BCUT2D eigenvalue weighted by atomic mass is 10.1. The van der Waals surface area contributed by atoms with Crippen molar-refractivity contribution >= 4 is 16.9 Å². The van der Waals surface area contributed by atoms with E-state index in [0.717, 1.165) is 22.2 Å². The van der Waals surface area contributed by atoms with E-state index in [9.17, 15) is 0 Å². The van der Waals surface area contributed by atoms with Crippen molar-refractivity contribution in [3.63, 3.8) is 0 Å². The van der Waals surface area contributed by atoms with E-state index in [1.54, 1.807) is 12.4 Å². The molecule has 0 saturated carbocycles. The van der Waals surface area contributed by atoms with E-state index in [-0.39, 0.29) is 5.95 Å². The third kappa shape index (κ3) is 1.38. The molecule has 0 saturated heterocycles. The summed E-state index contributed by atoms with van der Waals surface area (Å²) in [7, 11) is 0. The first-order chi connectivity index (χ1) is 7.83. The van der Waals surface area contributed by atoms with Crippen LogP contribution in [0.25, 0.3) is 22.2 Å². The molecule has 0 aliphatic carbocycles. The van der Waals surface area contributed by atoms with Crippen molar-refractivity contribution in [2.24, 2.45) is 0 Å². The Labute approximate surface area is 91.3 Å². The van der Waals surface area contributed by atoms with Crippen LogP contribution in [0.4, 0.5) is 5.95 Å². The van der Waals surface area contributed by atoms with Gasteiger partial charge >= 0.3 is 0 Å². The normalized spacial score (nSPS) is 10.8. The molecule has 0 fully saturated rings. The van der Waals surface area contributed by atoms with E-state index in [2.05, 4.69) is 20.2 Å². The Hall–Kier alpha value is -2.43. The van der Waals surface area contributed by atoms with Crippen molar-refractivity contribution in [3.05, 3.63) is 36.7 Å². The molecule has 2 aromatic heterocycles. The fourth-order valence-corrected chi connectivity index (χ4v) is 1.63. The number of aromatic nitrogens is 4. The Morgan fingerprint density at radius 1 is 1.19 bits per heavy atom. The van der Waals surface area contributed by atoms with Gasteiger partial charge in [-0.2, -0.15) is 5.10 Å². The smallest absolute Gasteiger partial charge is 0.220 e. The summed E-state index contributed by atoms with van der Waals surface area (Å²) in [4.78, 5) is 8.03. The zero-order chi connectivity index (χ0) is 11.0. The van der Waals surface area contributed by atoms with Crippen LogP contribution in [-0.4, -0.2) is 20.2 Å². The molecule has 3 aromatic rings. The topological polar surface area (TPSA) is 80.5 Å². The predicted octanol–water partition coefficient (Wildman–Crippen LogP) is 1.60. The summed E-state index contributed by atoms with van der Waals surface area (Å²) in [5.74, 6) is 0.280. The number of anilines is 1. The number of hydrogen-bond donors (Lipinski definition) is 2. The Bertz CT molecular complexity index is 643. The highest BCUT2D eigenvalue weighted by Crippen LogP contribution is 2.21. The summed E-state index contributed by atoms with van der Waals surface area (Å²) in [5, 5.41) is 7.97. The Morgan fingerprint density at radius 3 is 3.00 bits per heavy atom. The number of hydrogen-bond acceptors (Lipinski definition) is 4. The van der Waals surface area contributed by atoms with Crippen molar-refractivity contribution in [3.8, 4) is 11.3 Å². The van der Waals surface area contributed by atoms with E-state index >= 15 is 0 Å². The monoisotopic (exact) mass is 211 g/mol. The zero-order valence-electron chi connectivity index (χ0n) is 8.38. The molecule has 0 amide bonds. The SMILES string of the molecule is Nc1nccc(-c2ccc3cn[nH]c3c2)n1. The summed E-state index contributed by atoms with van der Waals surface area (Å²) in [6, 6.07) is 7.80. The highest BCUT2D eigenvalue weighted by Gasteiger charge is 2.02. The van der Waals surface area contributed by atoms with Crippen LogP contribution in [0.1, 0.15) is 0 Å². The second-order valence-corrected chi connectivity index (χ2v) is 3.47. The number of nitrogens with zero attached hydrogens (tertiary/aromatic N) is 3. The number of fused-ring (bicyclic) bond motifs is 1. The highest BCUT2D eigenvalue weighted by atomic mass is 15.1. The molecule has 0 radical (unpaired) electrons. The summed E-state index contributed by atoms with van der Waals surface area (Å²) < 4.78 is 0. The van der Waals surface area contributed by atoms with Gasteiger partial charge in [-0.3, -0.25) is 5.10 Å². The molecule has 5 nitrogen and oxygen atoms in total. The van der Waals surface area contributed by atoms with Crippen molar-refractivity contribution in [2.45, 2.75) is 0 Å². The third-order valence-corrected chi connectivity index (χ3v) is 2.41. The number of H-pyrrole nitrogens is 1. The predicted molar refractivity (Wildman–Crippen MR) is 61.5 cm³/mol. The molecule has 0 bridgehead atoms. The van der Waals surface area contributed by atoms with Gasteiger partial charge in [-0.1, -0.05) is 12.1 Å². The fourth-order valence-electron chi connectivity index (χ4n) is 1.63. The number of nitrogens with two attached hydrogens (primary N) is 1. The van der Waals surface area contributed by atoms with Gasteiger partial charge in [0.05, 0.1) is 17.4 Å². The third-order valence-electron chi connectivity index (χ3n) is 2.41. The summed E-state index contributed by atoms with van der Waals surface area (Å²) >= 11 is 0. The summed E-state index contributed by atoms with van der Waals surface area (Å²) in [6.45, 7) is 0. The van der Waals surface area contributed by atoms with Crippen LogP contribution < -0.4 is 5.73 Å². The Kier molecular flexibility index (Phi) is 1.83. The maximum Gasteiger partial charge on any atom is 0.220 e. The molecule has 0 atom stereocenters. The Balaban J connectivity index is 2.18. The molecule has 16 heavy (non-hydrogen) atoms. The van der Waals surface area contributed by atoms with Gasteiger partial charge in [0.25, 0.3) is 0 Å². The molecular formula is C11H9N5. The van der Waals surface area contributed by atoms with Crippen molar-refractivity contribution in [2.75, 3.05) is 5.73 Å². The van der Waals surface area contributed by atoms with Gasteiger partial charge in [-0.25, -0.2) is 9.97 Å².